The van der Waals surface area contributed by atoms with Crippen LogP contribution in [0.4, 0.5) is 27.5 Å². The van der Waals surface area contributed by atoms with Gasteiger partial charge in [-0.3, -0.25) is 4.57 Å². The Hall–Kier alpha value is -3.36. The molecule has 0 atom stereocenters. The van der Waals surface area contributed by atoms with E-state index in [0.29, 0.717) is 16.5 Å². The van der Waals surface area contributed by atoms with Crippen molar-refractivity contribution in [2.24, 2.45) is 0 Å². The minimum atomic E-state index is -0.624. The van der Waals surface area contributed by atoms with Crippen molar-refractivity contribution >= 4 is 46.3 Å². The second kappa shape index (κ2) is 7.94. The number of phenols is 1. The SMILES string of the molecule is Oc1cccc(Nc2nc(Nc3ccc(-n4cnc(Cl)c4Cl)cc3)ncc2F)c1. The van der Waals surface area contributed by atoms with Crippen molar-refractivity contribution in [2.45, 2.75) is 0 Å². The number of hydrogen-bond donors (Lipinski definition) is 3. The second-order valence-corrected chi connectivity index (χ2v) is 6.65. The monoisotopic (exact) mass is 430 g/mol. The van der Waals surface area contributed by atoms with E-state index >= 15 is 0 Å². The molecule has 7 nitrogen and oxygen atoms in total. The number of halogens is 3. The van der Waals surface area contributed by atoms with Gasteiger partial charge in [0.15, 0.2) is 21.9 Å². The number of benzene rings is 2. The molecule has 0 saturated heterocycles. The first-order valence-electron chi connectivity index (χ1n) is 8.34. The molecular formula is C19H13Cl2FN6O. The zero-order chi connectivity index (χ0) is 20.4. The third-order valence-electron chi connectivity index (χ3n) is 3.92. The fourth-order valence-corrected chi connectivity index (χ4v) is 2.89. The predicted octanol–water partition coefficient (Wildman–Crippen LogP) is 5.30. The van der Waals surface area contributed by atoms with E-state index in [1.54, 1.807) is 28.8 Å². The Kier molecular flexibility index (Phi) is 5.20. The van der Waals surface area contributed by atoms with E-state index in [1.165, 1.54) is 18.5 Å². The first-order valence-corrected chi connectivity index (χ1v) is 9.09. The quantitative estimate of drug-likeness (QED) is 0.398. The van der Waals surface area contributed by atoms with Crippen LogP contribution in [0.15, 0.2) is 61.1 Å². The number of aromatic nitrogens is 4. The highest BCUT2D eigenvalue weighted by atomic mass is 35.5. The Morgan fingerprint density at radius 2 is 1.76 bits per heavy atom. The molecular weight excluding hydrogens is 418 g/mol. The van der Waals surface area contributed by atoms with E-state index < -0.39 is 5.82 Å². The molecule has 0 aliphatic rings. The molecule has 0 saturated carbocycles. The number of nitrogens with zero attached hydrogens (tertiary/aromatic N) is 4. The van der Waals surface area contributed by atoms with Crippen LogP contribution in [0.5, 0.6) is 5.75 Å². The lowest BCUT2D eigenvalue weighted by molar-refractivity contribution is 0.475. The molecule has 4 aromatic rings. The highest BCUT2D eigenvalue weighted by Crippen LogP contribution is 2.26. The van der Waals surface area contributed by atoms with E-state index in [9.17, 15) is 9.50 Å². The van der Waals surface area contributed by atoms with Crippen molar-refractivity contribution in [3.63, 3.8) is 0 Å². The van der Waals surface area contributed by atoms with E-state index in [4.69, 9.17) is 23.2 Å². The fourth-order valence-electron chi connectivity index (χ4n) is 2.56. The molecule has 4 rings (SSSR count). The molecule has 2 heterocycles. The number of anilines is 4. The number of imidazole rings is 1. The first kappa shape index (κ1) is 19.0. The molecule has 0 radical (unpaired) electrons. The molecule has 0 aliphatic heterocycles. The Labute approximate surface area is 174 Å². The van der Waals surface area contributed by atoms with Gasteiger partial charge in [-0.25, -0.2) is 14.4 Å². The molecule has 10 heteroatoms. The van der Waals surface area contributed by atoms with E-state index in [0.717, 1.165) is 11.9 Å². The highest BCUT2D eigenvalue weighted by molar-refractivity contribution is 6.40. The van der Waals surface area contributed by atoms with Gasteiger partial charge < -0.3 is 15.7 Å². The molecule has 0 spiro atoms. The molecule has 2 aromatic carbocycles. The zero-order valence-electron chi connectivity index (χ0n) is 14.6. The van der Waals surface area contributed by atoms with Crippen molar-refractivity contribution in [1.29, 1.82) is 0 Å². The van der Waals surface area contributed by atoms with E-state index in [1.807, 2.05) is 12.1 Å². The van der Waals surface area contributed by atoms with Crippen molar-refractivity contribution in [2.75, 3.05) is 10.6 Å². The standard InChI is InChI=1S/C19H13Cl2FN6O/c20-16-17(21)28(10-24-16)13-6-4-11(5-7-13)26-19-23-9-15(22)18(27-19)25-12-2-1-3-14(29)8-12/h1-10,29H,(H2,23,25,26,27). The Balaban J connectivity index is 1.53. The largest absolute Gasteiger partial charge is 0.508 e. The van der Waals surface area contributed by atoms with Crippen molar-refractivity contribution < 1.29 is 9.50 Å². The first-order chi connectivity index (χ1) is 14.0. The molecule has 0 amide bonds. The average molecular weight is 431 g/mol. The molecule has 0 unspecified atom stereocenters. The van der Waals surface area contributed by atoms with Gasteiger partial charge in [-0.1, -0.05) is 29.3 Å². The Morgan fingerprint density at radius 3 is 2.45 bits per heavy atom. The van der Waals surface area contributed by atoms with Crippen molar-refractivity contribution in [3.8, 4) is 11.4 Å². The summed E-state index contributed by atoms with van der Waals surface area (Å²) in [7, 11) is 0. The summed E-state index contributed by atoms with van der Waals surface area (Å²) >= 11 is 12.0. The van der Waals surface area contributed by atoms with Crippen molar-refractivity contribution in [1.82, 2.24) is 19.5 Å². The lowest BCUT2D eigenvalue weighted by atomic mass is 10.3. The van der Waals surface area contributed by atoms with Gasteiger partial charge in [0.25, 0.3) is 0 Å². The van der Waals surface area contributed by atoms with Gasteiger partial charge in [0.1, 0.15) is 12.1 Å². The van der Waals surface area contributed by atoms with Gasteiger partial charge in [-0.05, 0) is 36.4 Å². The van der Waals surface area contributed by atoms with Gasteiger partial charge in [0.2, 0.25) is 5.95 Å². The molecule has 0 aliphatic carbocycles. The lowest BCUT2D eigenvalue weighted by Gasteiger charge is -2.10. The third-order valence-corrected chi connectivity index (χ3v) is 4.66. The van der Waals surface area contributed by atoms with Gasteiger partial charge in [-0.2, -0.15) is 4.98 Å². The topological polar surface area (TPSA) is 87.9 Å². The van der Waals surface area contributed by atoms with Gasteiger partial charge >= 0.3 is 0 Å². The van der Waals surface area contributed by atoms with Crippen molar-refractivity contribution in [3.05, 3.63) is 77.2 Å². The molecule has 29 heavy (non-hydrogen) atoms. The normalized spacial score (nSPS) is 10.7. The van der Waals surface area contributed by atoms with Gasteiger partial charge in [-0.15, -0.1) is 0 Å². The van der Waals surface area contributed by atoms with E-state index in [2.05, 4.69) is 25.6 Å². The summed E-state index contributed by atoms with van der Waals surface area (Å²) in [5.74, 6) is -0.391. The van der Waals surface area contributed by atoms with Crippen LogP contribution in [0.3, 0.4) is 0 Å². The van der Waals surface area contributed by atoms with Crippen LogP contribution in [-0.2, 0) is 0 Å². The summed E-state index contributed by atoms with van der Waals surface area (Å²) in [5.41, 5.74) is 1.95. The Bertz CT molecular complexity index is 1170. The number of hydrogen-bond acceptors (Lipinski definition) is 6. The second-order valence-electron chi connectivity index (χ2n) is 5.93. The van der Waals surface area contributed by atoms with Crippen LogP contribution in [0.2, 0.25) is 10.3 Å². The number of phenolic OH excluding ortho intramolecular Hbond substituents is 1. The predicted molar refractivity (Wildman–Crippen MR) is 110 cm³/mol. The summed E-state index contributed by atoms with van der Waals surface area (Å²) < 4.78 is 15.7. The number of rotatable bonds is 5. The minimum Gasteiger partial charge on any atom is -0.508 e. The lowest BCUT2D eigenvalue weighted by Crippen LogP contribution is -2.03. The van der Waals surface area contributed by atoms with Gasteiger partial charge in [0.05, 0.1) is 6.20 Å². The Morgan fingerprint density at radius 1 is 0.966 bits per heavy atom. The number of aromatic hydroxyl groups is 1. The summed E-state index contributed by atoms with van der Waals surface area (Å²) in [6.07, 6.45) is 2.58. The molecule has 3 N–H and O–H groups in total. The maximum atomic E-state index is 14.1. The molecule has 0 bridgehead atoms. The molecule has 2 aromatic heterocycles. The maximum Gasteiger partial charge on any atom is 0.229 e. The number of nitrogens with one attached hydrogen (secondary N) is 2. The smallest absolute Gasteiger partial charge is 0.229 e. The van der Waals surface area contributed by atoms with Crippen LogP contribution >= 0.6 is 23.2 Å². The van der Waals surface area contributed by atoms with Gasteiger partial charge in [0, 0.05) is 23.1 Å². The average Bonchev–Trinajstić information content (AvgIpc) is 3.04. The van der Waals surface area contributed by atoms with Crippen LogP contribution in [0, 0.1) is 5.82 Å². The zero-order valence-corrected chi connectivity index (χ0v) is 16.2. The highest BCUT2D eigenvalue weighted by Gasteiger charge is 2.10. The fraction of sp³-hybridized carbons (Fsp3) is 0. The van der Waals surface area contributed by atoms with Crippen LogP contribution in [-0.4, -0.2) is 24.6 Å². The van der Waals surface area contributed by atoms with Crippen LogP contribution < -0.4 is 10.6 Å². The van der Waals surface area contributed by atoms with E-state index in [-0.39, 0.29) is 22.7 Å². The summed E-state index contributed by atoms with van der Waals surface area (Å²) in [4.78, 5) is 12.0. The maximum absolute atomic E-state index is 14.1. The summed E-state index contributed by atoms with van der Waals surface area (Å²) in [6.45, 7) is 0. The minimum absolute atomic E-state index is 0.0236. The summed E-state index contributed by atoms with van der Waals surface area (Å²) in [6, 6.07) is 13.5. The summed E-state index contributed by atoms with van der Waals surface area (Å²) in [5, 5.41) is 15.9. The van der Waals surface area contributed by atoms with Crippen LogP contribution in [0.25, 0.3) is 5.69 Å². The van der Waals surface area contributed by atoms with Crippen LogP contribution in [0.1, 0.15) is 0 Å². The molecule has 0 fully saturated rings. The molecule has 146 valence electrons. The third kappa shape index (κ3) is 4.23.